The number of rotatable bonds is 3. The van der Waals surface area contributed by atoms with Crippen LogP contribution in [-0.4, -0.2) is 42.0 Å². The molecule has 30 heavy (non-hydrogen) atoms. The molecule has 0 radical (unpaired) electrons. The second-order valence-corrected chi connectivity index (χ2v) is 8.65. The molecule has 5 rings (SSSR count). The third-order valence-corrected chi connectivity index (χ3v) is 6.63. The molecule has 3 aromatic rings. The minimum absolute atomic E-state index is 0.140. The van der Waals surface area contributed by atoms with E-state index in [2.05, 4.69) is 69.4 Å². The number of aromatic nitrogens is 1. The molecule has 0 N–H and O–H groups in total. The molecular weight excluding hydrogens is 370 g/mol. The number of pyridine rings is 1. The second-order valence-electron chi connectivity index (χ2n) is 8.65. The first kappa shape index (κ1) is 18.9. The van der Waals surface area contributed by atoms with Gasteiger partial charge in [-0.3, -0.25) is 9.78 Å². The van der Waals surface area contributed by atoms with Crippen LogP contribution in [0.15, 0.2) is 79.1 Å². The Balaban J connectivity index is 1.32. The smallest absolute Gasteiger partial charge is 0.253 e. The van der Waals surface area contributed by atoms with E-state index in [0.29, 0.717) is 0 Å². The molecule has 2 fully saturated rings. The van der Waals surface area contributed by atoms with Crippen molar-refractivity contribution >= 4 is 11.6 Å². The topological polar surface area (TPSA) is 36.4 Å². The van der Waals surface area contributed by atoms with Gasteiger partial charge in [-0.05, 0) is 54.7 Å². The molecule has 152 valence electrons. The van der Waals surface area contributed by atoms with Gasteiger partial charge in [-0.1, -0.05) is 42.5 Å². The van der Waals surface area contributed by atoms with Gasteiger partial charge in [0.15, 0.2) is 0 Å². The summed E-state index contributed by atoms with van der Waals surface area (Å²) in [7, 11) is 0. The lowest BCUT2D eigenvalue weighted by Crippen LogP contribution is -2.47. The zero-order valence-corrected chi connectivity index (χ0v) is 17.2. The fraction of sp³-hybridized carbons (Fsp3) is 0.308. The van der Waals surface area contributed by atoms with Crippen LogP contribution in [0.2, 0.25) is 0 Å². The first-order valence-electron chi connectivity index (χ1n) is 10.8. The quantitative estimate of drug-likeness (QED) is 0.632. The molecule has 4 heteroatoms. The van der Waals surface area contributed by atoms with Gasteiger partial charge < -0.3 is 9.80 Å². The van der Waals surface area contributed by atoms with E-state index in [1.165, 1.54) is 23.2 Å². The lowest BCUT2D eigenvalue weighted by Gasteiger charge is -2.40. The third-order valence-electron chi connectivity index (χ3n) is 6.63. The van der Waals surface area contributed by atoms with Crippen LogP contribution in [0.4, 0.5) is 5.69 Å². The van der Waals surface area contributed by atoms with Gasteiger partial charge in [-0.15, -0.1) is 0 Å². The zero-order chi connectivity index (χ0) is 20.4. The number of amides is 1. The lowest BCUT2D eigenvalue weighted by molar-refractivity contribution is 0.0556. The summed E-state index contributed by atoms with van der Waals surface area (Å²) in [5.41, 5.74) is 4.73. The zero-order valence-electron chi connectivity index (χ0n) is 17.2. The summed E-state index contributed by atoms with van der Waals surface area (Å²) in [4.78, 5) is 21.6. The Labute approximate surface area is 178 Å². The molecule has 1 amide bonds. The number of nitrogens with zero attached hydrogens (tertiary/aromatic N) is 3. The van der Waals surface area contributed by atoms with Crippen molar-refractivity contribution in [2.45, 2.75) is 19.3 Å². The number of carbonyl (C=O) groups excluding carboxylic acids is 1. The maximum absolute atomic E-state index is 13.0. The van der Waals surface area contributed by atoms with Crippen molar-refractivity contribution in [2.75, 3.05) is 31.1 Å². The molecule has 0 aliphatic carbocycles. The number of piperidine rings is 1. The van der Waals surface area contributed by atoms with E-state index in [4.69, 9.17) is 0 Å². The number of anilines is 1. The Hall–Kier alpha value is -3.14. The minimum atomic E-state index is 0.140. The van der Waals surface area contributed by atoms with Crippen LogP contribution in [0.3, 0.4) is 0 Å². The van der Waals surface area contributed by atoms with Crippen molar-refractivity contribution in [3.05, 3.63) is 84.7 Å². The highest BCUT2D eigenvalue weighted by atomic mass is 16.2. The van der Waals surface area contributed by atoms with Crippen LogP contribution in [-0.2, 0) is 0 Å². The molecule has 1 spiro atoms. The van der Waals surface area contributed by atoms with E-state index in [-0.39, 0.29) is 11.3 Å². The Morgan fingerprint density at radius 3 is 2.47 bits per heavy atom. The summed E-state index contributed by atoms with van der Waals surface area (Å²) in [6.07, 6.45) is 6.81. The van der Waals surface area contributed by atoms with Crippen LogP contribution in [0.25, 0.3) is 11.1 Å². The summed E-state index contributed by atoms with van der Waals surface area (Å²) < 4.78 is 0. The maximum Gasteiger partial charge on any atom is 0.253 e. The van der Waals surface area contributed by atoms with Gasteiger partial charge in [-0.2, -0.15) is 0 Å². The molecule has 2 aliphatic heterocycles. The van der Waals surface area contributed by atoms with Crippen molar-refractivity contribution < 1.29 is 4.79 Å². The van der Waals surface area contributed by atoms with E-state index in [9.17, 15) is 4.79 Å². The molecular formula is C26H27N3O. The Bertz CT molecular complexity index is 1020. The van der Waals surface area contributed by atoms with Crippen molar-refractivity contribution in [2.24, 2.45) is 5.41 Å². The molecule has 2 aromatic carbocycles. The second kappa shape index (κ2) is 7.94. The Morgan fingerprint density at radius 1 is 0.833 bits per heavy atom. The number of hydrogen-bond acceptors (Lipinski definition) is 3. The number of likely N-dealkylation sites (tertiary alicyclic amines) is 1. The van der Waals surface area contributed by atoms with E-state index < -0.39 is 0 Å². The van der Waals surface area contributed by atoms with Crippen molar-refractivity contribution in [1.29, 1.82) is 0 Å². The van der Waals surface area contributed by atoms with E-state index in [1.807, 2.05) is 12.1 Å². The molecule has 3 heterocycles. The molecule has 1 atom stereocenters. The van der Waals surface area contributed by atoms with Crippen LogP contribution in [0.5, 0.6) is 0 Å². The highest BCUT2D eigenvalue weighted by molar-refractivity contribution is 5.94. The summed E-state index contributed by atoms with van der Waals surface area (Å²) in [5, 5.41) is 0. The maximum atomic E-state index is 13.0. The van der Waals surface area contributed by atoms with Crippen LogP contribution >= 0.6 is 0 Å². The van der Waals surface area contributed by atoms with Crippen molar-refractivity contribution in [3.63, 3.8) is 0 Å². The van der Waals surface area contributed by atoms with Gasteiger partial charge >= 0.3 is 0 Å². The van der Waals surface area contributed by atoms with E-state index in [1.54, 1.807) is 12.4 Å². The average Bonchev–Trinajstić information content (AvgIpc) is 3.23. The standard InChI is InChI=1S/C26H27N3O/c30-25(22-10-14-27-15-11-22)29-16-5-12-26(20-29)13-17-28(19-26)24-9-4-8-23(18-24)21-6-2-1-3-7-21/h1-4,6-11,14-15,18H,5,12-13,16-17,19-20H2/t26-/m0/s1. The first-order chi connectivity index (χ1) is 14.7. The summed E-state index contributed by atoms with van der Waals surface area (Å²) in [5.74, 6) is 0.140. The fourth-order valence-electron chi connectivity index (χ4n) is 5.06. The molecule has 0 bridgehead atoms. The van der Waals surface area contributed by atoms with E-state index in [0.717, 1.165) is 44.6 Å². The predicted molar refractivity (Wildman–Crippen MR) is 121 cm³/mol. The number of carbonyl (C=O) groups is 1. The van der Waals surface area contributed by atoms with E-state index >= 15 is 0 Å². The third kappa shape index (κ3) is 3.70. The van der Waals surface area contributed by atoms with Gasteiger partial charge in [0.25, 0.3) is 5.91 Å². The Kier molecular flexibility index (Phi) is 4.99. The van der Waals surface area contributed by atoms with Crippen molar-refractivity contribution in [1.82, 2.24) is 9.88 Å². The molecule has 0 unspecified atom stereocenters. The predicted octanol–water partition coefficient (Wildman–Crippen LogP) is 4.88. The first-order valence-corrected chi connectivity index (χ1v) is 10.8. The minimum Gasteiger partial charge on any atom is -0.371 e. The van der Waals surface area contributed by atoms with Gasteiger partial charge in [0.1, 0.15) is 0 Å². The molecule has 0 saturated carbocycles. The average molecular weight is 398 g/mol. The molecule has 2 saturated heterocycles. The van der Waals surface area contributed by atoms with Gasteiger partial charge in [0.2, 0.25) is 0 Å². The molecule has 2 aliphatic rings. The monoisotopic (exact) mass is 397 g/mol. The normalized spacial score (nSPS) is 21.2. The van der Waals surface area contributed by atoms with Crippen molar-refractivity contribution in [3.8, 4) is 11.1 Å². The highest BCUT2D eigenvalue weighted by Crippen LogP contribution is 2.41. The molecule has 4 nitrogen and oxygen atoms in total. The summed E-state index contributed by atoms with van der Waals surface area (Å²) in [6.45, 7) is 3.77. The van der Waals surface area contributed by atoms with Crippen LogP contribution < -0.4 is 4.90 Å². The lowest BCUT2D eigenvalue weighted by atomic mass is 9.79. The van der Waals surface area contributed by atoms with Gasteiger partial charge in [0, 0.05) is 55.2 Å². The Morgan fingerprint density at radius 2 is 1.63 bits per heavy atom. The fourth-order valence-corrected chi connectivity index (χ4v) is 5.06. The van der Waals surface area contributed by atoms with Crippen LogP contribution in [0, 0.1) is 5.41 Å². The SMILES string of the molecule is O=C(c1ccncc1)N1CCC[C@@]2(CCN(c3cccc(-c4ccccc4)c3)C2)C1. The molecule has 1 aromatic heterocycles. The number of benzene rings is 2. The van der Waals surface area contributed by atoms with Gasteiger partial charge in [-0.25, -0.2) is 0 Å². The summed E-state index contributed by atoms with van der Waals surface area (Å²) in [6, 6.07) is 23.0. The van der Waals surface area contributed by atoms with Gasteiger partial charge in [0.05, 0.1) is 0 Å². The summed E-state index contributed by atoms with van der Waals surface area (Å²) >= 11 is 0. The highest BCUT2D eigenvalue weighted by Gasteiger charge is 2.42. The largest absolute Gasteiger partial charge is 0.371 e. The van der Waals surface area contributed by atoms with Crippen LogP contribution in [0.1, 0.15) is 29.6 Å². The number of hydrogen-bond donors (Lipinski definition) is 0.